The largest absolute Gasteiger partial charge is 0.479 e. The van der Waals surface area contributed by atoms with Crippen LogP contribution in [0.15, 0.2) is 4.99 Å². The molecular formula is C5H13N3O. The highest BCUT2D eigenvalue weighted by Crippen LogP contribution is 1.82. The van der Waals surface area contributed by atoms with Gasteiger partial charge in [-0.2, -0.15) is 0 Å². The van der Waals surface area contributed by atoms with Crippen molar-refractivity contribution in [3.05, 3.63) is 0 Å². The third kappa shape index (κ3) is 5.26. The minimum absolute atomic E-state index is 0.0821. The maximum atomic E-state index is 5.03. The molecular weight excluding hydrogens is 118 g/mol. The SMILES string of the molecule is CN=COC(C)CNN. The summed E-state index contributed by atoms with van der Waals surface area (Å²) in [6.07, 6.45) is 1.49. The number of hydrogen-bond donors (Lipinski definition) is 2. The Labute approximate surface area is 55.1 Å². The number of rotatable bonds is 4. The van der Waals surface area contributed by atoms with Gasteiger partial charge in [-0.3, -0.25) is 16.3 Å². The van der Waals surface area contributed by atoms with Gasteiger partial charge in [-0.05, 0) is 6.92 Å². The Hall–Kier alpha value is -0.610. The first-order valence-electron chi connectivity index (χ1n) is 2.80. The minimum atomic E-state index is 0.0821. The molecule has 3 N–H and O–H groups in total. The summed E-state index contributed by atoms with van der Waals surface area (Å²) >= 11 is 0. The van der Waals surface area contributed by atoms with Gasteiger partial charge in [-0.15, -0.1) is 0 Å². The number of ether oxygens (including phenoxy) is 1. The van der Waals surface area contributed by atoms with Gasteiger partial charge >= 0.3 is 0 Å². The van der Waals surface area contributed by atoms with Gasteiger partial charge in [0.1, 0.15) is 6.10 Å². The van der Waals surface area contributed by atoms with Crippen molar-refractivity contribution < 1.29 is 4.74 Å². The van der Waals surface area contributed by atoms with E-state index in [1.807, 2.05) is 6.92 Å². The Kier molecular flexibility index (Phi) is 5.15. The molecule has 0 aromatic rings. The molecule has 0 bridgehead atoms. The van der Waals surface area contributed by atoms with E-state index >= 15 is 0 Å². The molecule has 0 rings (SSSR count). The Morgan fingerprint density at radius 3 is 3.00 bits per heavy atom. The van der Waals surface area contributed by atoms with Crippen LogP contribution in [0.1, 0.15) is 6.92 Å². The van der Waals surface area contributed by atoms with Gasteiger partial charge in [-0.25, -0.2) is 0 Å². The fourth-order valence-electron chi connectivity index (χ4n) is 0.379. The molecule has 0 aliphatic carbocycles. The van der Waals surface area contributed by atoms with E-state index in [1.54, 1.807) is 7.05 Å². The molecule has 0 fully saturated rings. The van der Waals surface area contributed by atoms with Crippen LogP contribution in [-0.2, 0) is 4.74 Å². The van der Waals surface area contributed by atoms with E-state index in [-0.39, 0.29) is 6.10 Å². The van der Waals surface area contributed by atoms with Gasteiger partial charge in [0.15, 0.2) is 6.40 Å². The predicted octanol–water partition coefficient (Wildman–Crippen LogP) is -0.487. The van der Waals surface area contributed by atoms with Crippen molar-refractivity contribution >= 4 is 6.40 Å². The first-order chi connectivity index (χ1) is 4.31. The molecule has 0 aliphatic heterocycles. The summed E-state index contributed by atoms with van der Waals surface area (Å²) in [6.45, 7) is 2.54. The lowest BCUT2D eigenvalue weighted by molar-refractivity contribution is 0.216. The van der Waals surface area contributed by atoms with Crippen molar-refractivity contribution in [1.82, 2.24) is 5.43 Å². The van der Waals surface area contributed by atoms with Crippen molar-refractivity contribution in [1.29, 1.82) is 0 Å². The summed E-state index contributed by atoms with van der Waals surface area (Å²) in [5.41, 5.74) is 2.49. The summed E-state index contributed by atoms with van der Waals surface area (Å²) in [4.78, 5) is 3.64. The fourth-order valence-corrected chi connectivity index (χ4v) is 0.379. The highest BCUT2D eigenvalue weighted by Gasteiger charge is 1.95. The standard InChI is InChI=1S/C5H13N3O/c1-5(3-8-6)9-4-7-2/h4-5,8H,3,6H2,1-2H3. The monoisotopic (exact) mass is 131 g/mol. The van der Waals surface area contributed by atoms with Crippen LogP contribution in [0, 0.1) is 0 Å². The van der Waals surface area contributed by atoms with Crippen LogP contribution < -0.4 is 11.3 Å². The van der Waals surface area contributed by atoms with E-state index in [0.717, 1.165) is 0 Å². The predicted molar refractivity (Wildman–Crippen MR) is 37.2 cm³/mol. The first kappa shape index (κ1) is 8.39. The summed E-state index contributed by atoms with van der Waals surface area (Å²) in [5.74, 6) is 5.03. The van der Waals surface area contributed by atoms with E-state index in [4.69, 9.17) is 10.6 Å². The van der Waals surface area contributed by atoms with Gasteiger partial charge < -0.3 is 4.74 Å². The summed E-state index contributed by atoms with van der Waals surface area (Å²) < 4.78 is 5.00. The normalized spacial score (nSPS) is 14.1. The molecule has 0 saturated heterocycles. The Balaban J connectivity index is 3.15. The van der Waals surface area contributed by atoms with Crippen LogP contribution in [0.4, 0.5) is 0 Å². The molecule has 4 heteroatoms. The highest BCUT2D eigenvalue weighted by atomic mass is 16.5. The molecule has 0 amide bonds. The van der Waals surface area contributed by atoms with E-state index in [1.165, 1.54) is 6.40 Å². The second-order valence-corrected chi connectivity index (χ2v) is 1.72. The van der Waals surface area contributed by atoms with Crippen molar-refractivity contribution in [2.24, 2.45) is 10.8 Å². The van der Waals surface area contributed by atoms with E-state index in [2.05, 4.69) is 10.4 Å². The van der Waals surface area contributed by atoms with Gasteiger partial charge in [0.25, 0.3) is 0 Å². The topological polar surface area (TPSA) is 59.6 Å². The molecule has 0 aliphatic rings. The molecule has 0 saturated carbocycles. The Bertz CT molecular complexity index is 84.3. The lowest BCUT2D eigenvalue weighted by atomic mass is 10.4. The lowest BCUT2D eigenvalue weighted by Gasteiger charge is -2.07. The summed E-state index contributed by atoms with van der Waals surface area (Å²) in [6, 6.07) is 0. The van der Waals surface area contributed by atoms with Gasteiger partial charge in [0, 0.05) is 13.6 Å². The quantitative estimate of drug-likeness (QED) is 0.234. The molecule has 0 heterocycles. The summed E-state index contributed by atoms with van der Waals surface area (Å²) in [5, 5.41) is 0. The maximum absolute atomic E-state index is 5.03. The van der Waals surface area contributed by atoms with E-state index in [0.29, 0.717) is 6.54 Å². The highest BCUT2D eigenvalue weighted by molar-refractivity contribution is 5.46. The van der Waals surface area contributed by atoms with Crippen LogP contribution in [0.5, 0.6) is 0 Å². The average Bonchev–Trinajstić information content (AvgIpc) is 1.85. The van der Waals surface area contributed by atoms with Crippen LogP contribution in [0.3, 0.4) is 0 Å². The number of aliphatic imine (C=N–C) groups is 1. The maximum Gasteiger partial charge on any atom is 0.169 e. The average molecular weight is 131 g/mol. The summed E-state index contributed by atoms with van der Waals surface area (Å²) in [7, 11) is 1.66. The molecule has 0 radical (unpaired) electrons. The minimum Gasteiger partial charge on any atom is -0.479 e. The third-order valence-electron chi connectivity index (χ3n) is 0.804. The molecule has 54 valence electrons. The Morgan fingerprint density at radius 2 is 2.56 bits per heavy atom. The second kappa shape index (κ2) is 5.53. The number of hydrogen-bond acceptors (Lipinski definition) is 4. The van der Waals surface area contributed by atoms with Crippen LogP contribution in [0.2, 0.25) is 0 Å². The fraction of sp³-hybridized carbons (Fsp3) is 0.800. The van der Waals surface area contributed by atoms with Crippen LogP contribution in [0.25, 0.3) is 0 Å². The van der Waals surface area contributed by atoms with Gasteiger partial charge in [-0.1, -0.05) is 0 Å². The van der Waals surface area contributed by atoms with Crippen molar-refractivity contribution in [3.8, 4) is 0 Å². The molecule has 0 aromatic carbocycles. The molecule has 0 spiro atoms. The smallest absolute Gasteiger partial charge is 0.169 e. The molecule has 4 nitrogen and oxygen atoms in total. The van der Waals surface area contributed by atoms with E-state index < -0.39 is 0 Å². The van der Waals surface area contributed by atoms with Crippen molar-refractivity contribution in [3.63, 3.8) is 0 Å². The van der Waals surface area contributed by atoms with Crippen LogP contribution >= 0.6 is 0 Å². The molecule has 9 heavy (non-hydrogen) atoms. The first-order valence-corrected chi connectivity index (χ1v) is 2.80. The van der Waals surface area contributed by atoms with Gasteiger partial charge in [0.05, 0.1) is 0 Å². The number of nitrogens with zero attached hydrogens (tertiary/aromatic N) is 1. The number of nitrogens with two attached hydrogens (primary N) is 1. The van der Waals surface area contributed by atoms with Crippen molar-refractivity contribution in [2.45, 2.75) is 13.0 Å². The Morgan fingerprint density at radius 1 is 1.89 bits per heavy atom. The van der Waals surface area contributed by atoms with Crippen molar-refractivity contribution in [2.75, 3.05) is 13.6 Å². The lowest BCUT2D eigenvalue weighted by Crippen LogP contribution is -2.31. The zero-order valence-corrected chi connectivity index (χ0v) is 5.79. The second-order valence-electron chi connectivity index (χ2n) is 1.72. The third-order valence-corrected chi connectivity index (χ3v) is 0.804. The molecule has 1 unspecified atom stereocenters. The number of nitrogens with one attached hydrogen (secondary N) is 1. The molecule has 1 atom stereocenters. The van der Waals surface area contributed by atoms with Gasteiger partial charge in [0.2, 0.25) is 0 Å². The van der Waals surface area contributed by atoms with E-state index in [9.17, 15) is 0 Å². The molecule has 0 aromatic heterocycles. The zero-order chi connectivity index (χ0) is 7.11. The zero-order valence-electron chi connectivity index (χ0n) is 5.79. The van der Waals surface area contributed by atoms with Crippen LogP contribution in [-0.4, -0.2) is 26.1 Å². The number of hydrazine groups is 1.